The molecule has 0 bridgehead atoms. The molecule has 0 saturated heterocycles. The van der Waals surface area contributed by atoms with Crippen LogP contribution in [0.3, 0.4) is 0 Å². The lowest BCUT2D eigenvalue weighted by atomic mass is 10.2. The largest absolute Gasteiger partial charge is 0.477 e. The van der Waals surface area contributed by atoms with E-state index in [4.69, 9.17) is 5.11 Å². The van der Waals surface area contributed by atoms with E-state index >= 15 is 0 Å². The highest BCUT2D eigenvalue weighted by Gasteiger charge is 2.15. The fraction of sp³-hybridized carbons (Fsp3) is 0.200. The van der Waals surface area contributed by atoms with E-state index in [0.29, 0.717) is 11.4 Å². The zero-order valence-electron chi connectivity index (χ0n) is 12.2. The van der Waals surface area contributed by atoms with Crippen LogP contribution in [0.4, 0.5) is 5.69 Å². The van der Waals surface area contributed by atoms with Crippen molar-refractivity contribution < 1.29 is 14.7 Å². The van der Waals surface area contributed by atoms with Gasteiger partial charge in [0.2, 0.25) is 5.91 Å². The van der Waals surface area contributed by atoms with Gasteiger partial charge in [-0.05, 0) is 32.0 Å². The van der Waals surface area contributed by atoms with E-state index in [9.17, 15) is 14.4 Å². The van der Waals surface area contributed by atoms with Gasteiger partial charge >= 0.3 is 5.97 Å². The van der Waals surface area contributed by atoms with E-state index < -0.39 is 23.0 Å². The summed E-state index contributed by atoms with van der Waals surface area (Å²) in [6.45, 7) is 3.13. The molecule has 1 aromatic carbocycles. The van der Waals surface area contributed by atoms with Gasteiger partial charge in [-0.25, -0.2) is 9.48 Å². The fourth-order valence-electron chi connectivity index (χ4n) is 1.91. The highest BCUT2D eigenvalue weighted by Crippen LogP contribution is 2.08. The third kappa shape index (κ3) is 3.57. The molecule has 114 valence electrons. The second kappa shape index (κ2) is 6.21. The van der Waals surface area contributed by atoms with Crippen molar-refractivity contribution in [1.29, 1.82) is 0 Å². The average molecular weight is 301 g/mol. The topological polar surface area (TPSA) is 101 Å². The lowest BCUT2D eigenvalue weighted by Gasteiger charge is -2.08. The summed E-state index contributed by atoms with van der Waals surface area (Å²) in [6, 6.07) is 8.34. The van der Waals surface area contributed by atoms with Crippen LogP contribution in [0.5, 0.6) is 0 Å². The summed E-state index contributed by atoms with van der Waals surface area (Å²) in [5, 5.41) is 15.5. The summed E-state index contributed by atoms with van der Waals surface area (Å²) in [4.78, 5) is 34.9. The van der Waals surface area contributed by atoms with Crippen LogP contribution in [0.25, 0.3) is 0 Å². The second-order valence-corrected chi connectivity index (χ2v) is 4.88. The predicted molar refractivity (Wildman–Crippen MR) is 80.0 cm³/mol. The second-order valence-electron chi connectivity index (χ2n) is 4.88. The lowest BCUT2D eigenvalue weighted by molar-refractivity contribution is -0.117. The first-order valence-corrected chi connectivity index (χ1v) is 6.55. The molecule has 7 nitrogen and oxygen atoms in total. The molecule has 1 heterocycles. The Hall–Kier alpha value is -2.96. The highest BCUT2D eigenvalue weighted by molar-refractivity contribution is 5.91. The van der Waals surface area contributed by atoms with Gasteiger partial charge in [0.1, 0.15) is 12.1 Å². The predicted octanol–water partition coefficient (Wildman–Crippen LogP) is 1.20. The van der Waals surface area contributed by atoms with Crippen LogP contribution in [0.2, 0.25) is 0 Å². The highest BCUT2D eigenvalue weighted by atomic mass is 16.4. The minimum Gasteiger partial charge on any atom is -0.477 e. The van der Waals surface area contributed by atoms with Crippen molar-refractivity contribution in [2.75, 3.05) is 5.32 Å². The summed E-state index contributed by atoms with van der Waals surface area (Å²) in [6.07, 6.45) is 0. The SMILES string of the molecule is Cc1ccc(NC(=O)Cn2nc(C)cc(C(=O)O)c2=O)cc1. The normalized spacial score (nSPS) is 10.3. The quantitative estimate of drug-likeness (QED) is 0.883. The molecular weight excluding hydrogens is 286 g/mol. The van der Waals surface area contributed by atoms with Gasteiger partial charge in [-0.1, -0.05) is 17.7 Å². The molecule has 0 aliphatic rings. The summed E-state index contributed by atoms with van der Waals surface area (Å²) >= 11 is 0. The van der Waals surface area contributed by atoms with Crippen LogP contribution in [-0.4, -0.2) is 26.8 Å². The van der Waals surface area contributed by atoms with Gasteiger partial charge in [0.15, 0.2) is 0 Å². The van der Waals surface area contributed by atoms with Crippen molar-refractivity contribution >= 4 is 17.6 Å². The minimum absolute atomic E-state index is 0.347. The van der Waals surface area contributed by atoms with E-state index in [-0.39, 0.29) is 6.54 Å². The number of benzene rings is 1. The van der Waals surface area contributed by atoms with E-state index in [1.165, 1.54) is 6.07 Å². The maximum atomic E-state index is 12.0. The van der Waals surface area contributed by atoms with Crippen LogP contribution in [0.15, 0.2) is 35.1 Å². The number of hydrogen-bond donors (Lipinski definition) is 2. The van der Waals surface area contributed by atoms with Gasteiger partial charge < -0.3 is 10.4 Å². The first kappa shape index (κ1) is 15.4. The van der Waals surface area contributed by atoms with Crippen LogP contribution >= 0.6 is 0 Å². The van der Waals surface area contributed by atoms with Gasteiger partial charge in [0.05, 0.1) is 5.69 Å². The molecule has 0 aliphatic carbocycles. The van der Waals surface area contributed by atoms with E-state index in [1.807, 2.05) is 19.1 Å². The minimum atomic E-state index is -1.34. The number of anilines is 1. The van der Waals surface area contributed by atoms with Gasteiger partial charge in [-0.3, -0.25) is 9.59 Å². The number of carboxylic acid groups (broad SMARTS) is 1. The number of aromatic nitrogens is 2. The van der Waals surface area contributed by atoms with Crippen molar-refractivity contribution in [2.45, 2.75) is 20.4 Å². The number of carbonyl (C=O) groups excluding carboxylic acids is 1. The number of rotatable bonds is 4. The molecule has 0 radical (unpaired) electrons. The molecule has 0 atom stereocenters. The number of hydrogen-bond acceptors (Lipinski definition) is 4. The summed E-state index contributed by atoms with van der Waals surface area (Å²) in [7, 11) is 0. The molecule has 2 aromatic rings. The summed E-state index contributed by atoms with van der Waals surface area (Å²) < 4.78 is 0.850. The van der Waals surface area contributed by atoms with E-state index in [1.54, 1.807) is 19.1 Å². The molecule has 2 N–H and O–H groups in total. The Morgan fingerprint density at radius 2 is 1.86 bits per heavy atom. The van der Waals surface area contributed by atoms with E-state index in [2.05, 4.69) is 10.4 Å². The fourth-order valence-corrected chi connectivity index (χ4v) is 1.91. The number of aryl methyl sites for hydroxylation is 2. The number of amides is 1. The molecule has 0 saturated carbocycles. The Bertz CT molecular complexity index is 778. The zero-order valence-corrected chi connectivity index (χ0v) is 12.2. The summed E-state index contributed by atoms with van der Waals surface area (Å²) in [5.41, 5.74) is 0.781. The molecule has 1 aromatic heterocycles. The molecular formula is C15H15N3O4. The molecule has 2 rings (SSSR count). The lowest BCUT2D eigenvalue weighted by Crippen LogP contribution is -2.33. The molecule has 0 unspecified atom stereocenters. The maximum absolute atomic E-state index is 12.0. The van der Waals surface area contributed by atoms with Crippen LogP contribution in [0.1, 0.15) is 21.6 Å². The van der Waals surface area contributed by atoms with Crippen molar-refractivity contribution in [3.63, 3.8) is 0 Å². The Kier molecular flexibility index (Phi) is 4.36. The Labute approximate surface area is 126 Å². The molecule has 0 spiro atoms. The first-order chi connectivity index (χ1) is 10.4. The number of carboxylic acids is 1. The smallest absolute Gasteiger partial charge is 0.341 e. The number of nitrogens with zero attached hydrogens (tertiary/aromatic N) is 2. The van der Waals surface area contributed by atoms with Crippen molar-refractivity contribution in [3.05, 3.63) is 57.5 Å². The zero-order chi connectivity index (χ0) is 16.3. The maximum Gasteiger partial charge on any atom is 0.341 e. The standard InChI is InChI=1S/C15H15N3O4/c1-9-3-5-11(6-4-9)16-13(19)8-18-14(20)12(15(21)22)7-10(2)17-18/h3-7H,8H2,1-2H3,(H,16,19)(H,21,22). The van der Waals surface area contributed by atoms with Crippen LogP contribution in [0, 0.1) is 13.8 Å². The molecule has 0 aliphatic heterocycles. The number of nitrogens with one attached hydrogen (secondary N) is 1. The molecule has 22 heavy (non-hydrogen) atoms. The Morgan fingerprint density at radius 1 is 1.23 bits per heavy atom. The van der Waals surface area contributed by atoms with Gasteiger partial charge in [-0.2, -0.15) is 5.10 Å². The van der Waals surface area contributed by atoms with E-state index in [0.717, 1.165) is 10.2 Å². The average Bonchev–Trinajstić information content (AvgIpc) is 2.44. The van der Waals surface area contributed by atoms with Gasteiger partial charge in [0, 0.05) is 5.69 Å². The third-order valence-corrected chi connectivity index (χ3v) is 2.96. The van der Waals surface area contributed by atoms with Crippen molar-refractivity contribution in [2.24, 2.45) is 0 Å². The molecule has 7 heteroatoms. The first-order valence-electron chi connectivity index (χ1n) is 6.55. The monoisotopic (exact) mass is 301 g/mol. The van der Waals surface area contributed by atoms with Crippen LogP contribution in [-0.2, 0) is 11.3 Å². The Balaban J connectivity index is 2.20. The Morgan fingerprint density at radius 3 is 2.45 bits per heavy atom. The van der Waals surface area contributed by atoms with Crippen molar-refractivity contribution in [1.82, 2.24) is 9.78 Å². The third-order valence-electron chi connectivity index (χ3n) is 2.96. The summed E-state index contributed by atoms with van der Waals surface area (Å²) in [5.74, 6) is -1.80. The molecule has 1 amide bonds. The van der Waals surface area contributed by atoms with Crippen molar-refractivity contribution in [3.8, 4) is 0 Å². The van der Waals surface area contributed by atoms with Gasteiger partial charge in [0.25, 0.3) is 5.56 Å². The number of aromatic carboxylic acids is 1. The number of carbonyl (C=O) groups is 2. The molecule has 0 fully saturated rings. The van der Waals surface area contributed by atoms with Crippen LogP contribution < -0.4 is 10.9 Å². The van der Waals surface area contributed by atoms with Gasteiger partial charge in [-0.15, -0.1) is 0 Å².